The Morgan fingerprint density at radius 2 is 1.57 bits per heavy atom. The summed E-state index contributed by atoms with van der Waals surface area (Å²) in [5.74, 6) is 0.574. The molecule has 0 aromatic heterocycles. The second-order valence-electron chi connectivity index (χ2n) is 7.82. The Kier molecular flexibility index (Phi) is 5.15. The fraction of sp³-hybridized carbons (Fsp3) is 0.700. The monoisotopic (exact) mass is 428 g/mol. The number of aromatic hydroxyl groups is 2. The molecule has 2 saturated carbocycles. The first kappa shape index (κ1) is 17.4. The molecule has 0 radical (unpaired) electrons. The summed E-state index contributed by atoms with van der Waals surface area (Å²) in [7, 11) is 0. The first-order valence-corrected chi connectivity index (χ1v) is 10.3. The van der Waals surface area contributed by atoms with E-state index in [1.54, 1.807) is 0 Å². The minimum absolute atomic E-state index is 0.287. The van der Waals surface area contributed by atoms with Gasteiger partial charge in [-0.3, -0.25) is 0 Å². The number of aryl methyl sites for hydroxylation is 1. The van der Waals surface area contributed by atoms with Crippen molar-refractivity contribution in [2.75, 3.05) is 0 Å². The molecule has 0 spiro atoms. The third kappa shape index (κ3) is 4.55. The maximum Gasteiger partial charge on any atom is 0.122 e. The van der Waals surface area contributed by atoms with E-state index in [4.69, 9.17) is 0 Å². The molecule has 0 saturated heterocycles. The number of benzene rings is 1. The van der Waals surface area contributed by atoms with Crippen molar-refractivity contribution >= 4 is 22.6 Å². The minimum Gasteiger partial charge on any atom is -0.508 e. The van der Waals surface area contributed by atoms with Crippen LogP contribution < -0.4 is 0 Å². The van der Waals surface area contributed by atoms with Gasteiger partial charge in [0, 0.05) is 8.99 Å². The fourth-order valence-electron chi connectivity index (χ4n) is 3.69. The van der Waals surface area contributed by atoms with Gasteiger partial charge in [-0.25, -0.2) is 0 Å². The Hall–Kier alpha value is -0.450. The summed E-state index contributed by atoms with van der Waals surface area (Å²) in [5, 5.41) is 20.5. The lowest BCUT2D eigenvalue weighted by molar-refractivity contribution is 0.427. The molecule has 3 heteroatoms. The van der Waals surface area contributed by atoms with Crippen LogP contribution in [0.1, 0.15) is 75.8 Å². The van der Waals surface area contributed by atoms with Crippen LogP contribution in [-0.4, -0.2) is 13.6 Å². The molecule has 0 aliphatic heterocycles. The lowest BCUT2D eigenvalue weighted by Gasteiger charge is -2.13. The first-order valence-electron chi connectivity index (χ1n) is 9.18. The highest BCUT2D eigenvalue weighted by atomic mass is 127. The number of phenols is 2. The van der Waals surface area contributed by atoms with Crippen LogP contribution in [0.4, 0.5) is 0 Å². The summed E-state index contributed by atoms with van der Waals surface area (Å²) in [6.07, 6.45) is 13.1. The maximum atomic E-state index is 10.3. The molecule has 1 aromatic carbocycles. The predicted molar refractivity (Wildman–Crippen MR) is 104 cm³/mol. The van der Waals surface area contributed by atoms with Crippen LogP contribution in [0.2, 0.25) is 0 Å². The van der Waals surface area contributed by atoms with Crippen LogP contribution in [0.3, 0.4) is 0 Å². The van der Waals surface area contributed by atoms with Gasteiger partial charge in [0.25, 0.3) is 0 Å². The zero-order valence-electron chi connectivity index (χ0n) is 14.2. The van der Waals surface area contributed by atoms with Crippen molar-refractivity contribution < 1.29 is 10.2 Å². The van der Waals surface area contributed by atoms with Crippen LogP contribution in [0.5, 0.6) is 11.5 Å². The Labute approximate surface area is 153 Å². The van der Waals surface area contributed by atoms with Gasteiger partial charge in [0.2, 0.25) is 0 Å². The van der Waals surface area contributed by atoms with Crippen molar-refractivity contribution in [3.05, 3.63) is 23.3 Å². The molecule has 0 unspecified atom stereocenters. The van der Waals surface area contributed by atoms with Crippen molar-refractivity contribution in [2.24, 2.45) is 5.41 Å². The number of phenolic OH excluding ortho intramolecular Hbond substituents is 2. The molecule has 23 heavy (non-hydrogen) atoms. The zero-order chi connectivity index (χ0) is 16.5. The van der Waals surface area contributed by atoms with Gasteiger partial charge >= 0.3 is 0 Å². The van der Waals surface area contributed by atoms with E-state index in [1.807, 2.05) is 12.1 Å². The standard InChI is InChI=1S/C20H29IO2/c1-2-19(9-10-19)7-3-5-15-13-17(22)16(18(23)14-15)6-4-8-20(21)11-12-20/h13-14,22-23H,2-12H2,1H3. The number of alkyl halides is 1. The second-order valence-corrected chi connectivity index (χ2v) is 10.1. The third-order valence-electron chi connectivity index (χ3n) is 5.99. The summed E-state index contributed by atoms with van der Waals surface area (Å²) in [6, 6.07) is 3.75. The highest BCUT2D eigenvalue weighted by molar-refractivity contribution is 14.1. The lowest BCUT2D eigenvalue weighted by atomic mass is 9.94. The van der Waals surface area contributed by atoms with Gasteiger partial charge in [0.1, 0.15) is 11.5 Å². The van der Waals surface area contributed by atoms with Crippen molar-refractivity contribution in [1.82, 2.24) is 0 Å². The molecule has 128 valence electrons. The van der Waals surface area contributed by atoms with Gasteiger partial charge in [-0.2, -0.15) is 0 Å². The molecule has 2 fully saturated rings. The van der Waals surface area contributed by atoms with Crippen molar-refractivity contribution in [3.8, 4) is 11.5 Å². The molecule has 0 bridgehead atoms. The van der Waals surface area contributed by atoms with Gasteiger partial charge in [-0.15, -0.1) is 0 Å². The number of halogens is 1. The SMILES string of the molecule is CCC1(CCCc2cc(O)c(CCCC3(I)CC3)c(O)c2)CC1. The molecule has 1 aromatic rings. The van der Waals surface area contributed by atoms with E-state index in [9.17, 15) is 10.2 Å². The van der Waals surface area contributed by atoms with Crippen LogP contribution >= 0.6 is 22.6 Å². The smallest absolute Gasteiger partial charge is 0.122 e. The Bertz CT molecular complexity index is 536. The predicted octanol–water partition coefficient (Wildman–Crippen LogP) is 5.90. The van der Waals surface area contributed by atoms with E-state index in [1.165, 1.54) is 44.9 Å². The van der Waals surface area contributed by atoms with Gasteiger partial charge < -0.3 is 10.2 Å². The molecule has 2 aliphatic carbocycles. The van der Waals surface area contributed by atoms with Crippen LogP contribution in [0, 0.1) is 5.41 Å². The van der Waals surface area contributed by atoms with E-state index in [2.05, 4.69) is 29.5 Å². The fourth-order valence-corrected chi connectivity index (χ4v) is 4.34. The highest BCUT2D eigenvalue weighted by Crippen LogP contribution is 2.52. The van der Waals surface area contributed by atoms with E-state index >= 15 is 0 Å². The van der Waals surface area contributed by atoms with Crippen molar-refractivity contribution in [1.29, 1.82) is 0 Å². The molecule has 2 N–H and O–H groups in total. The van der Waals surface area contributed by atoms with E-state index in [0.717, 1.165) is 36.8 Å². The molecule has 2 aliphatic rings. The van der Waals surface area contributed by atoms with Crippen molar-refractivity contribution in [2.45, 2.75) is 81.0 Å². The van der Waals surface area contributed by atoms with E-state index < -0.39 is 0 Å². The summed E-state index contributed by atoms with van der Waals surface area (Å²) in [4.78, 5) is 0. The second kappa shape index (κ2) is 6.81. The number of rotatable bonds is 9. The highest BCUT2D eigenvalue weighted by Gasteiger charge is 2.39. The molecule has 0 atom stereocenters. The van der Waals surface area contributed by atoms with Gasteiger partial charge in [-0.05, 0) is 87.3 Å². The third-order valence-corrected chi connectivity index (χ3v) is 7.60. The average molecular weight is 428 g/mol. The van der Waals surface area contributed by atoms with Crippen molar-refractivity contribution in [3.63, 3.8) is 0 Å². The van der Waals surface area contributed by atoms with E-state index in [0.29, 0.717) is 8.84 Å². The number of hydrogen-bond acceptors (Lipinski definition) is 2. The first-order chi connectivity index (χ1) is 11.0. The lowest BCUT2D eigenvalue weighted by Crippen LogP contribution is -2.00. The average Bonchev–Trinajstić information content (AvgIpc) is 3.41. The van der Waals surface area contributed by atoms with Gasteiger partial charge in [-0.1, -0.05) is 35.9 Å². The normalized spacial score (nSPS) is 20.4. The minimum atomic E-state index is 0.287. The molecule has 0 amide bonds. The number of hydrogen-bond donors (Lipinski definition) is 2. The molecule has 3 rings (SSSR count). The molecule has 0 heterocycles. The Morgan fingerprint density at radius 3 is 2.09 bits per heavy atom. The van der Waals surface area contributed by atoms with Gasteiger partial charge in [0.05, 0.1) is 0 Å². The molecular formula is C20H29IO2. The summed E-state index contributed by atoms with van der Waals surface area (Å²) in [6.45, 7) is 2.29. The van der Waals surface area contributed by atoms with E-state index in [-0.39, 0.29) is 11.5 Å². The summed E-state index contributed by atoms with van der Waals surface area (Å²) < 4.78 is 0.515. The van der Waals surface area contributed by atoms with Gasteiger partial charge in [0.15, 0.2) is 0 Å². The summed E-state index contributed by atoms with van der Waals surface area (Å²) in [5.41, 5.74) is 2.44. The topological polar surface area (TPSA) is 40.5 Å². The summed E-state index contributed by atoms with van der Waals surface area (Å²) >= 11 is 2.56. The van der Waals surface area contributed by atoms with Crippen LogP contribution in [-0.2, 0) is 12.8 Å². The quantitative estimate of drug-likeness (QED) is 0.380. The Morgan fingerprint density at radius 1 is 0.957 bits per heavy atom. The van der Waals surface area contributed by atoms with Crippen LogP contribution in [0.15, 0.2) is 12.1 Å². The molecule has 2 nitrogen and oxygen atoms in total. The maximum absolute atomic E-state index is 10.3. The van der Waals surface area contributed by atoms with Crippen LogP contribution in [0.25, 0.3) is 0 Å². The molecular weight excluding hydrogens is 399 g/mol. The Balaban J connectivity index is 1.51. The zero-order valence-corrected chi connectivity index (χ0v) is 16.4. The largest absolute Gasteiger partial charge is 0.508 e.